The Morgan fingerprint density at radius 1 is 0.567 bits per heavy atom. The number of esters is 2. The fourth-order valence-corrected chi connectivity index (χ4v) is 7.69. The van der Waals surface area contributed by atoms with E-state index in [-0.39, 0.29) is 19.4 Å². The summed E-state index contributed by atoms with van der Waals surface area (Å²) in [6, 6.07) is 0. The standard InChI is InChI=1S/C47H84O12S/c1-3-5-7-9-11-13-15-17-19-20-22-24-26-28-30-32-34-36-43(49)58-40(38-57-47-46(52)45(51)44(50)41(59-47)39-60(53,54)55)37-56-42(48)35-33-31-29-27-25-23-21-18-16-14-12-10-8-6-4-2/h11,13,17-19,21,40-41,44-47,50-52H,3-10,12,14-16,20,22-39H2,1-2H3,(H,53,54,55)/b13-11+,19-17+,21-18+/t40-,41-,44-,45?,46?,47+/m1/s1. The van der Waals surface area contributed by atoms with Gasteiger partial charge in [-0.1, -0.05) is 147 Å². The molecule has 60 heavy (non-hydrogen) atoms. The Morgan fingerprint density at radius 2 is 1.00 bits per heavy atom. The molecule has 1 saturated heterocycles. The highest BCUT2D eigenvalue weighted by atomic mass is 32.2. The van der Waals surface area contributed by atoms with E-state index >= 15 is 0 Å². The topological polar surface area (TPSA) is 186 Å². The van der Waals surface area contributed by atoms with E-state index in [2.05, 4.69) is 50.3 Å². The fourth-order valence-electron chi connectivity index (χ4n) is 7.00. The zero-order chi connectivity index (χ0) is 44.1. The van der Waals surface area contributed by atoms with Crippen molar-refractivity contribution in [3.05, 3.63) is 36.5 Å². The van der Waals surface area contributed by atoms with Crippen LogP contribution in [0.2, 0.25) is 0 Å². The lowest BCUT2D eigenvalue weighted by Crippen LogP contribution is -2.60. The number of rotatable bonds is 39. The largest absolute Gasteiger partial charge is 0.462 e. The fraction of sp³-hybridized carbons (Fsp3) is 0.830. The molecular weight excluding hydrogens is 789 g/mol. The maximum Gasteiger partial charge on any atom is 0.306 e. The van der Waals surface area contributed by atoms with Crippen LogP contribution >= 0.6 is 0 Å². The first-order valence-corrected chi connectivity index (χ1v) is 25.2. The van der Waals surface area contributed by atoms with Gasteiger partial charge >= 0.3 is 11.9 Å². The number of aliphatic hydroxyl groups excluding tert-OH is 3. The highest BCUT2D eigenvalue weighted by Gasteiger charge is 2.46. The van der Waals surface area contributed by atoms with Gasteiger partial charge in [0.1, 0.15) is 36.8 Å². The van der Waals surface area contributed by atoms with Gasteiger partial charge in [-0.05, 0) is 70.6 Å². The zero-order valence-electron chi connectivity index (χ0n) is 37.3. The normalized spacial score (nSPS) is 20.4. The third-order valence-electron chi connectivity index (χ3n) is 10.7. The van der Waals surface area contributed by atoms with E-state index in [4.69, 9.17) is 18.9 Å². The maximum absolute atomic E-state index is 12.8. The molecule has 1 rings (SSSR count). The first-order valence-electron chi connectivity index (χ1n) is 23.5. The lowest BCUT2D eigenvalue weighted by Gasteiger charge is -2.40. The van der Waals surface area contributed by atoms with Crippen LogP contribution in [0.5, 0.6) is 0 Å². The summed E-state index contributed by atoms with van der Waals surface area (Å²) < 4.78 is 54.1. The molecule has 4 N–H and O–H groups in total. The van der Waals surface area contributed by atoms with Crippen molar-refractivity contribution in [1.29, 1.82) is 0 Å². The van der Waals surface area contributed by atoms with Crippen LogP contribution in [0, 0.1) is 0 Å². The van der Waals surface area contributed by atoms with Gasteiger partial charge in [-0.25, -0.2) is 0 Å². The number of aliphatic hydroxyl groups is 3. The molecule has 0 bridgehead atoms. The molecule has 12 nitrogen and oxygen atoms in total. The molecule has 2 unspecified atom stereocenters. The van der Waals surface area contributed by atoms with Gasteiger partial charge in [0.25, 0.3) is 10.1 Å². The van der Waals surface area contributed by atoms with Gasteiger partial charge in [-0.3, -0.25) is 14.1 Å². The Morgan fingerprint density at radius 3 is 1.52 bits per heavy atom. The molecular formula is C47H84O12S. The van der Waals surface area contributed by atoms with E-state index in [1.54, 1.807) is 0 Å². The van der Waals surface area contributed by atoms with Crippen molar-refractivity contribution in [3.8, 4) is 0 Å². The van der Waals surface area contributed by atoms with E-state index in [9.17, 15) is 37.9 Å². The molecule has 0 amide bonds. The summed E-state index contributed by atoms with van der Waals surface area (Å²) in [5.41, 5.74) is 0. The van der Waals surface area contributed by atoms with Crippen LogP contribution in [-0.2, 0) is 38.7 Å². The molecule has 0 spiro atoms. The van der Waals surface area contributed by atoms with Gasteiger partial charge in [-0.2, -0.15) is 8.42 Å². The average Bonchev–Trinajstić information content (AvgIpc) is 3.21. The Bertz CT molecular complexity index is 1250. The van der Waals surface area contributed by atoms with Gasteiger partial charge < -0.3 is 34.3 Å². The minimum Gasteiger partial charge on any atom is -0.462 e. The lowest BCUT2D eigenvalue weighted by atomic mass is 10.00. The number of hydrogen-bond acceptors (Lipinski definition) is 11. The second-order valence-electron chi connectivity index (χ2n) is 16.4. The summed E-state index contributed by atoms with van der Waals surface area (Å²) in [5.74, 6) is -2.00. The molecule has 1 fully saturated rings. The molecule has 0 saturated carbocycles. The molecule has 6 atom stereocenters. The van der Waals surface area contributed by atoms with Gasteiger partial charge in [-0.15, -0.1) is 0 Å². The van der Waals surface area contributed by atoms with Gasteiger partial charge in [0.15, 0.2) is 12.4 Å². The SMILES string of the molecule is CCCCC/C=C/C/C=C/CCCCCCCCCC(=O)O[C@H](COC(=O)CCCCCCC/C=C/CCCCCCCC)CO[C@H]1O[C@H](CS(=O)(=O)O)[C@@H](O)C(O)C1O. The summed E-state index contributed by atoms with van der Waals surface area (Å²) in [6.07, 6.45) is 33.2. The number of ether oxygens (including phenoxy) is 4. The Labute approximate surface area is 363 Å². The molecule has 0 radical (unpaired) electrons. The first-order chi connectivity index (χ1) is 29.0. The summed E-state index contributed by atoms with van der Waals surface area (Å²) >= 11 is 0. The summed E-state index contributed by atoms with van der Waals surface area (Å²) in [6.45, 7) is 3.72. The van der Waals surface area contributed by atoms with Crippen LogP contribution in [0.1, 0.15) is 194 Å². The van der Waals surface area contributed by atoms with Crippen molar-refractivity contribution in [1.82, 2.24) is 0 Å². The van der Waals surface area contributed by atoms with Crippen LogP contribution in [0.4, 0.5) is 0 Å². The van der Waals surface area contributed by atoms with E-state index in [1.807, 2.05) is 0 Å². The molecule has 1 heterocycles. The number of unbranched alkanes of at least 4 members (excludes halogenated alkanes) is 21. The zero-order valence-corrected chi connectivity index (χ0v) is 38.1. The highest BCUT2D eigenvalue weighted by Crippen LogP contribution is 2.24. The third-order valence-corrected chi connectivity index (χ3v) is 11.4. The van der Waals surface area contributed by atoms with Crippen LogP contribution in [0.3, 0.4) is 0 Å². The minimum atomic E-state index is -4.60. The molecule has 0 aliphatic carbocycles. The van der Waals surface area contributed by atoms with E-state index in [0.29, 0.717) is 12.8 Å². The lowest BCUT2D eigenvalue weighted by molar-refractivity contribution is -0.297. The third kappa shape index (κ3) is 31.7. The molecule has 1 aliphatic heterocycles. The summed E-state index contributed by atoms with van der Waals surface area (Å²) in [5, 5.41) is 30.9. The van der Waals surface area contributed by atoms with Gasteiger partial charge in [0.05, 0.1) is 6.61 Å². The van der Waals surface area contributed by atoms with E-state index in [0.717, 1.165) is 83.5 Å². The molecule has 1 aliphatic rings. The number of allylic oxidation sites excluding steroid dienone is 6. The summed E-state index contributed by atoms with van der Waals surface area (Å²) in [7, 11) is -4.60. The number of hydrogen-bond donors (Lipinski definition) is 4. The van der Waals surface area contributed by atoms with E-state index < -0.39 is 71.2 Å². The highest BCUT2D eigenvalue weighted by molar-refractivity contribution is 7.85. The number of carbonyl (C=O) groups excluding carboxylic acids is 2. The first kappa shape index (κ1) is 55.9. The van der Waals surface area contributed by atoms with Crippen molar-refractivity contribution < 1.29 is 56.8 Å². The average molecular weight is 873 g/mol. The van der Waals surface area contributed by atoms with Crippen LogP contribution < -0.4 is 0 Å². The molecule has 0 aromatic carbocycles. The predicted octanol–water partition coefficient (Wildman–Crippen LogP) is 9.78. The van der Waals surface area contributed by atoms with Crippen molar-refractivity contribution in [2.75, 3.05) is 19.0 Å². The molecule has 350 valence electrons. The van der Waals surface area contributed by atoms with Crippen molar-refractivity contribution in [3.63, 3.8) is 0 Å². The summed E-state index contributed by atoms with van der Waals surface area (Å²) in [4.78, 5) is 25.4. The van der Waals surface area contributed by atoms with Crippen LogP contribution in [0.15, 0.2) is 36.5 Å². The molecule has 0 aromatic rings. The van der Waals surface area contributed by atoms with E-state index in [1.165, 1.54) is 70.6 Å². The Hall–Kier alpha value is -2.13. The predicted molar refractivity (Wildman–Crippen MR) is 238 cm³/mol. The second kappa shape index (κ2) is 37.4. The maximum atomic E-state index is 12.8. The van der Waals surface area contributed by atoms with Crippen molar-refractivity contribution >= 4 is 22.1 Å². The second-order valence-corrected chi connectivity index (χ2v) is 17.9. The monoisotopic (exact) mass is 873 g/mol. The Kier molecular flexibility index (Phi) is 34.9. The van der Waals surface area contributed by atoms with Gasteiger partial charge in [0, 0.05) is 12.8 Å². The molecule has 13 heteroatoms. The Balaban J connectivity index is 2.44. The number of carbonyl (C=O) groups is 2. The van der Waals surface area contributed by atoms with Gasteiger partial charge in [0.2, 0.25) is 0 Å². The minimum absolute atomic E-state index is 0.154. The van der Waals surface area contributed by atoms with Crippen LogP contribution in [-0.4, -0.2) is 96.0 Å². The quantitative estimate of drug-likeness (QED) is 0.0199. The van der Waals surface area contributed by atoms with Crippen LogP contribution in [0.25, 0.3) is 0 Å². The molecule has 0 aromatic heterocycles. The van der Waals surface area contributed by atoms with Crippen molar-refractivity contribution in [2.24, 2.45) is 0 Å². The van der Waals surface area contributed by atoms with Crippen molar-refractivity contribution in [2.45, 2.75) is 230 Å². The smallest absolute Gasteiger partial charge is 0.306 e.